The predicted molar refractivity (Wildman–Crippen MR) is 107 cm³/mol. The Hall–Kier alpha value is -0.350. The van der Waals surface area contributed by atoms with Crippen LogP contribution in [0.4, 0.5) is 0 Å². The molecule has 0 heterocycles. The van der Waals surface area contributed by atoms with Crippen LogP contribution in [0.2, 0.25) is 0 Å². The Morgan fingerprint density at radius 2 is 1.37 bits per heavy atom. The molecule has 7 nitrogen and oxygen atoms in total. The second-order valence-electron chi connectivity index (χ2n) is 6.17. The van der Waals surface area contributed by atoms with Crippen molar-refractivity contribution in [1.29, 1.82) is 0 Å². The van der Waals surface area contributed by atoms with E-state index in [9.17, 15) is 0 Å². The molecule has 0 saturated carbocycles. The Morgan fingerprint density at radius 3 is 1.93 bits per heavy atom. The molecule has 0 bridgehead atoms. The maximum Gasteiger partial charge on any atom is 0.368 e. The smallest absolute Gasteiger partial charge is 0.368 e. The highest BCUT2D eigenvalue weighted by Crippen LogP contribution is 2.34. The SMILES string of the molecule is CCCCCCCCC(CCCOC=CCS)C(OOC)(OOC)OOC. The zero-order chi connectivity index (χ0) is 20.2. The molecule has 0 N–H and O–H groups in total. The molecular formula is C19H38O7S. The Morgan fingerprint density at radius 1 is 0.815 bits per heavy atom. The summed E-state index contributed by atoms with van der Waals surface area (Å²) >= 11 is 4.10. The number of rotatable bonds is 20. The van der Waals surface area contributed by atoms with Gasteiger partial charge in [-0.1, -0.05) is 45.4 Å². The molecule has 0 aromatic heterocycles. The second kappa shape index (κ2) is 19.0. The minimum Gasteiger partial charge on any atom is -0.502 e. The molecule has 27 heavy (non-hydrogen) atoms. The fourth-order valence-corrected chi connectivity index (χ4v) is 2.94. The van der Waals surface area contributed by atoms with E-state index in [1.165, 1.54) is 47.0 Å². The zero-order valence-electron chi connectivity index (χ0n) is 17.3. The van der Waals surface area contributed by atoms with Crippen LogP contribution in [0.1, 0.15) is 64.7 Å². The zero-order valence-corrected chi connectivity index (χ0v) is 18.2. The Balaban J connectivity index is 4.78. The number of thiol groups is 1. The molecule has 0 saturated heterocycles. The van der Waals surface area contributed by atoms with Gasteiger partial charge in [0.25, 0.3) is 0 Å². The van der Waals surface area contributed by atoms with E-state index in [1.807, 2.05) is 6.08 Å². The number of hydrogen-bond donors (Lipinski definition) is 1. The summed E-state index contributed by atoms with van der Waals surface area (Å²) in [4.78, 5) is 30.5. The molecule has 1 unspecified atom stereocenters. The summed E-state index contributed by atoms with van der Waals surface area (Å²) in [7, 11) is 4.17. The first-order valence-corrected chi connectivity index (χ1v) is 10.4. The van der Waals surface area contributed by atoms with Crippen LogP contribution in [0, 0.1) is 5.92 Å². The van der Waals surface area contributed by atoms with Gasteiger partial charge in [0.1, 0.15) is 0 Å². The number of hydrogen-bond acceptors (Lipinski definition) is 8. The summed E-state index contributed by atoms with van der Waals surface area (Å²) < 4.78 is 5.44. The summed E-state index contributed by atoms with van der Waals surface area (Å²) in [6.45, 7) is 2.78. The first kappa shape index (κ1) is 26.6. The van der Waals surface area contributed by atoms with Gasteiger partial charge in [0.05, 0.1) is 34.2 Å². The van der Waals surface area contributed by atoms with Gasteiger partial charge in [0.2, 0.25) is 0 Å². The van der Waals surface area contributed by atoms with Crippen molar-refractivity contribution < 1.29 is 34.1 Å². The average molecular weight is 411 g/mol. The number of unbranched alkanes of at least 4 members (excludes halogenated alkanes) is 5. The lowest BCUT2D eigenvalue weighted by atomic mass is 9.93. The molecule has 0 radical (unpaired) electrons. The molecule has 0 rings (SSSR count). The standard InChI is InChI=1S/C19H38O7S/c1-5-6-7-8-9-10-13-18(14-11-15-23-16-12-17-27)19(24-20-2,25-21-3)26-22-4/h12,16,18,27H,5-11,13-15,17H2,1-4H3. The highest BCUT2D eigenvalue weighted by atomic mass is 32.1. The lowest BCUT2D eigenvalue weighted by Gasteiger charge is -2.34. The lowest BCUT2D eigenvalue weighted by molar-refractivity contribution is -0.635. The Kier molecular flexibility index (Phi) is 18.7. The maximum absolute atomic E-state index is 5.44. The molecule has 8 heteroatoms. The van der Waals surface area contributed by atoms with Crippen LogP contribution in [0.5, 0.6) is 0 Å². The van der Waals surface area contributed by atoms with Crippen molar-refractivity contribution in [3.05, 3.63) is 12.3 Å². The molecule has 0 fully saturated rings. The van der Waals surface area contributed by atoms with E-state index in [1.54, 1.807) is 6.26 Å². The first-order valence-electron chi connectivity index (χ1n) is 9.73. The minimum absolute atomic E-state index is 0.166. The summed E-state index contributed by atoms with van der Waals surface area (Å²) in [6.07, 6.45) is 13.0. The van der Waals surface area contributed by atoms with Gasteiger partial charge in [-0.25, -0.2) is 14.7 Å². The van der Waals surface area contributed by atoms with Crippen LogP contribution < -0.4 is 0 Å². The third-order valence-corrected chi connectivity index (χ3v) is 4.33. The topological polar surface area (TPSA) is 64.6 Å². The van der Waals surface area contributed by atoms with E-state index < -0.39 is 5.97 Å². The molecule has 0 aliphatic heterocycles. The highest BCUT2D eigenvalue weighted by Gasteiger charge is 2.46. The van der Waals surface area contributed by atoms with Gasteiger partial charge in [0, 0.05) is 11.7 Å². The van der Waals surface area contributed by atoms with E-state index in [-0.39, 0.29) is 5.92 Å². The Bertz CT molecular complexity index is 325. The van der Waals surface area contributed by atoms with Crippen LogP contribution in [0.25, 0.3) is 0 Å². The van der Waals surface area contributed by atoms with Gasteiger partial charge in [-0.15, -0.1) is 0 Å². The van der Waals surface area contributed by atoms with Gasteiger partial charge in [0.15, 0.2) is 0 Å². The molecule has 0 spiro atoms. The quantitative estimate of drug-likeness (QED) is 0.0758. The summed E-state index contributed by atoms with van der Waals surface area (Å²) in [6, 6.07) is 0. The molecule has 1 atom stereocenters. The van der Waals surface area contributed by atoms with Crippen molar-refractivity contribution >= 4 is 12.6 Å². The van der Waals surface area contributed by atoms with Gasteiger partial charge >= 0.3 is 5.97 Å². The van der Waals surface area contributed by atoms with E-state index in [4.69, 9.17) is 34.1 Å². The van der Waals surface area contributed by atoms with Crippen molar-refractivity contribution in [2.24, 2.45) is 5.92 Å². The molecular weight excluding hydrogens is 372 g/mol. The summed E-state index contributed by atoms with van der Waals surface area (Å²) in [5, 5.41) is 0. The van der Waals surface area contributed by atoms with E-state index in [2.05, 4.69) is 19.6 Å². The van der Waals surface area contributed by atoms with Crippen LogP contribution in [0.15, 0.2) is 12.3 Å². The lowest BCUT2D eigenvalue weighted by Crippen LogP contribution is -2.46. The first-order chi connectivity index (χ1) is 13.2. The van der Waals surface area contributed by atoms with Crippen molar-refractivity contribution in [3.8, 4) is 0 Å². The summed E-state index contributed by atoms with van der Waals surface area (Å²) in [5.74, 6) is -1.11. The summed E-state index contributed by atoms with van der Waals surface area (Å²) in [5.41, 5.74) is 0. The second-order valence-corrected chi connectivity index (χ2v) is 6.54. The van der Waals surface area contributed by atoms with Crippen LogP contribution in [0.3, 0.4) is 0 Å². The van der Waals surface area contributed by atoms with E-state index in [0.717, 1.165) is 32.1 Å². The van der Waals surface area contributed by atoms with E-state index in [0.29, 0.717) is 12.4 Å². The molecule has 0 aliphatic rings. The third-order valence-electron chi connectivity index (χ3n) is 4.12. The normalized spacial score (nSPS) is 13.4. The van der Waals surface area contributed by atoms with Gasteiger partial charge in [-0.05, 0) is 25.3 Å². The van der Waals surface area contributed by atoms with Gasteiger partial charge in [-0.3, -0.25) is 0 Å². The van der Waals surface area contributed by atoms with Crippen LogP contribution in [-0.4, -0.2) is 39.7 Å². The molecule has 162 valence electrons. The minimum atomic E-state index is -1.59. The predicted octanol–water partition coefficient (Wildman–Crippen LogP) is 4.98. The molecule has 0 aliphatic carbocycles. The van der Waals surface area contributed by atoms with Gasteiger partial charge < -0.3 is 4.74 Å². The fourth-order valence-electron chi connectivity index (χ4n) is 2.86. The van der Waals surface area contributed by atoms with Crippen molar-refractivity contribution in [1.82, 2.24) is 0 Å². The average Bonchev–Trinajstić information content (AvgIpc) is 2.66. The van der Waals surface area contributed by atoms with Crippen molar-refractivity contribution in [2.75, 3.05) is 33.7 Å². The largest absolute Gasteiger partial charge is 0.502 e. The Labute approximate surface area is 169 Å². The highest BCUT2D eigenvalue weighted by molar-refractivity contribution is 7.80. The van der Waals surface area contributed by atoms with Crippen LogP contribution in [-0.2, 0) is 34.1 Å². The third kappa shape index (κ3) is 12.7. The monoisotopic (exact) mass is 410 g/mol. The fraction of sp³-hybridized carbons (Fsp3) is 0.895. The molecule has 0 aromatic rings. The van der Waals surface area contributed by atoms with Crippen molar-refractivity contribution in [3.63, 3.8) is 0 Å². The van der Waals surface area contributed by atoms with E-state index >= 15 is 0 Å². The molecule has 0 amide bonds. The van der Waals surface area contributed by atoms with Gasteiger partial charge in [-0.2, -0.15) is 27.3 Å². The van der Waals surface area contributed by atoms with Crippen molar-refractivity contribution in [2.45, 2.75) is 70.7 Å². The van der Waals surface area contributed by atoms with Crippen LogP contribution >= 0.6 is 12.6 Å². The number of ether oxygens (including phenoxy) is 1. The maximum atomic E-state index is 5.44. The molecule has 0 aromatic carbocycles.